The van der Waals surface area contributed by atoms with Crippen molar-refractivity contribution in [3.8, 4) is 11.5 Å². The van der Waals surface area contributed by atoms with Crippen molar-refractivity contribution in [2.24, 2.45) is 5.92 Å². The fourth-order valence-electron chi connectivity index (χ4n) is 4.56. The van der Waals surface area contributed by atoms with Gasteiger partial charge in [0.1, 0.15) is 11.5 Å². The van der Waals surface area contributed by atoms with Crippen LogP contribution >= 0.6 is 11.3 Å². The highest BCUT2D eigenvalue weighted by Crippen LogP contribution is 2.45. The Balaban J connectivity index is 1.80. The van der Waals surface area contributed by atoms with Gasteiger partial charge in [0, 0.05) is 0 Å². The van der Waals surface area contributed by atoms with E-state index in [2.05, 4.69) is 25.4 Å². The molecule has 0 spiro atoms. The average molecular weight is 617 g/mol. The molecule has 44 heavy (non-hydrogen) atoms. The Hall–Kier alpha value is -4.70. The van der Waals surface area contributed by atoms with Gasteiger partial charge in [0.05, 0.1) is 30.5 Å². The quantitative estimate of drug-likeness (QED) is 0.119. The first kappa shape index (κ1) is 32.2. The number of amides is 1. The number of ketones is 1. The van der Waals surface area contributed by atoms with E-state index in [1.807, 2.05) is 37.3 Å². The Morgan fingerprint density at radius 2 is 1.89 bits per heavy atom. The van der Waals surface area contributed by atoms with Crippen molar-refractivity contribution >= 4 is 40.2 Å². The van der Waals surface area contributed by atoms with Gasteiger partial charge in [-0.15, -0.1) is 0 Å². The number of hydrogen-bond donors (Lipinski definition) is 1. The number of aryl methyl sites for hydroxylation is 1. The van der Waals surface area contributed by atoms with Crippen LogP contribution in [0.3, 0.4) is 0 Å². The van der Waals surface area contributed by atoms with Gasteiger partial charge in [0.25, 0.3) is 5.91 Å². The highest BCUT2D eigenvalue weighted by molar-refractivity contribution is 7.17. The molecule has 0 saturated heterocycles. The van der Waals surface area contributed by atoms with Crippen molar-refractivity contribution in [2.45, 2.75) is 40.2 Å². The van der Waals surface area contributed by atoms with Gasteiger partial charge in [-0.2, -0.15) is 0 Å². The highest BCUT2D eigenvalue weighted by atomic mass is 32.1. The number of ether oxygens (including phenoxy) is 3. The van der Waals surface area contributed by atoms with E-state index in [1.165, 1.54) is 17.1 Å². The number of esters is 1. The zero-order chi connectivity index (χ0) is 31.8. The van der Waals surface area contributed by atoms with Crippen LogP contribution in [0.2, 0.25) is 0 Å². The van der Waals surface area contributed by atoms with Crippen molar-refractivity contribution in [2.75, 3.05) is 24.7 Å². The molecule has 1 aliphatic heterocycles. The van der Waals surface area contributed by atoms with E-state index in [9.17, 15) is 19.5 Å². The summed E-state index contributed by atoms with van der Waals surface area (Å²) in [5.41, 5.74) is 1.49. The van der Waals surface area contributed by atoms with Crippen LogP contribution in [0.1, 0.15) is 59.7 Å². The summed E-state index contributed by atoms with van der Waals surface area (Å²) in [4.78, 5) is 45.9. The molecule has 1 unspecified atom stereocenters. The second-order valence-electron chi connectivity index (χ2n) is 10.4. The summed E-state index contributed by atoms with van der Waals surface area (Å²) in [7, 11) is 0. The van der Waals surface area contributed by atoms with Crippen LogP contribution in [0.25, 0.3) is 6.08 Å². The number of nitrogens with zero attached hydrogens (tertiary/aromatic N) is 2. The van der Waals surface area contributed by atoms with Gasteiger partial charge in [-0.25, -0.2) is 9.78 Å². The third-order valence-electron chi connectivity index (χ3n) is 6.75. The molecule has 0 bridgehead atoms. The lowest BCUT2D eigenvalue weighted by molar-refractivity contribution is -0.117. The summed E-state index contributed by atoms with van der Waals surface area (Å²) in [6, 6.07) is 13.3. The molecular weight excluding hydrogens is 580 g/mol. The minimum Gasteiger partial charge on any atom is -0.503 e. The predicted molar refractivity (Wildman–Crippen MR) is 170 cm³/mol. The molecule has 1 atom stereocenters. The van der Waals surface area contributed by atoms with Crippen LogP contribution in [0.4, 0.5) is 5.13 Å². The summed E-state index contributed by atoms with van der Waals surface area (Å²) in [6.45, 7) is 12.1. The van der Waals surface area contributed by atoms with Crippen molar-refractivity contribution in [1.82, 2.24) is 4.98 Å². The Morgan fingerprint density at radius 3 is 2.57 bits per heavy atom. The monoisotopic (exact) mass is 616 g/mol. The SMILES string of the molecule is C=CCOC(=O)c1sc(N2C(=O)C(O)=C(C(=O)C=Cc3ccccc3)C2c2ccc(OCCC(C)C)c(OCC)c2)nc1C. The van der Waals surface area contributed by atoms with E-state index in [0.29, 0.717) is 41.9 Å². The fraction of sp³-hybridized carbons (Fsp3) is 0.294. The standard InChI is InChI=1S/C34H36N2O7S/c1-6-18-43-33(40)31-22(5)35-34(44-31)36-29(24-14-16-26(27(20-24)41-7-2)42-19-17-21(3)4)28(30(38)32(36)39)25(37)15-13-23-11-9-8-10-12-23/h6,8-16,20-21,29,38H,1,7,17-19H2,2-5H3. The van der Waals surface area contributed by atoms with Crippen molar-refractivity contribution < 1.29 is 33.7 Å². The number of carbonyl (C=O) groups excluding carboxylic acids is 3. The Kier molecular flexibility index (Phi) is 10.7. The molecule has 4 rings (SSSR count). The van der Waals surface area contributed by atoms with E-state index in [0.717, 1.165) is 23.3 Å². The Morgan fingerprint density at radius 1 is 1.14 bits per heavy atom. The average Bonchev–Trinajstić information content (AvgIpc) is 3.52. The third kappa shape index (κ3) is 7.26. The summed E-state index contributed by atoms with van der Waals surface area (Å²) in [6.07, 6.45) is 5.24. The number of hydrogen-bond acceptors (Lipinski definition) is 9. The minimum absolute atomic E-state index is 0.0112. The van der Waals surface area contributed by atoms with Crippen LogP contribution in [0.15, 0.2) is 78.6 Å². The summed E-state index contributed by atoms with van der Waals surface area (Å²) in [5, 5.41) is 11.3. The molecule has 1 amide bonds. The van der Waals surface area contributed by atoms with Crippen LogP contribution in [0, 0.1) is 12.8 Å². The van der Waals surface area contributed by atoms with Gasteiger partial charge < -0.3 is 19.3 Å². The molecule has 0 saturated carbocycles. The first-order valence-corrected chi connectivity index (χ1v) is 15.2. The molecule has 0 radical (unpaired) electrons. The molecule has 0 fully saturated rings. The number of benzene rings is 2. The number of rotatable bonds is 14. The molecule has 2 heterocycles. The minimum atomic E-state index is -1.07. The van der Waals surface area contributed by atoms with Crippen LogP contribution in [0.5, 0.6) is 11.5 Å². The number of aliphatic hydroxyl groups is 1. The molecule has 10 heteroatoms. The molecule has 1 aliphatic rings. The fourth-order valence-corrected chi connectivity index (χ4v) is 5.54. The summed E-state index contributed by atoms with van der Waals surface area (Å²) in [5.74, 6) is -1.28. The summed E-state index contributed by atoms with van der Waals surface area (Å²) >= 11 is 0.937. The Labute approximate surface area is 261 Å². The second-order valence-corrected chi connectivity index (χ2v) is 11.4. The maximum Gasteiger partial charge on any atom is 0.350 e. The van der Waals surface area contributed by atoms with Gasteiger partial charge in [0.2, 0.25) is 0 Å². The number of carbonyl (C=O) groups is 3. The topological polar surface area (TPSA) is 115 Å². The van der Waals surface area contributed by atoms with Gasteiger partial charge >= 0.3 is 5.97 Å². The number of thiazole rings is 1. The van der Waals surface area contributed by atoms with Gasteiger partial charge in [0.15, 0.2) is 28.2 Å². The van der Waals surface area contributed by atoms with E-state index >= 15 is 0 Å². The van der Waals surface area contributed by atoms with E-state index in [-0.39, 0.29) is 22.2 Å². The third-order valence-corrected chi connectivity index (χ3v) is 7.88. The van der Waals surface area contributed by atoms with E-state index in [1.54, 1.807) is 31.2 Å². The Bertz CT molecular complexity index is 1590. The molecule has 230 valence electrons. The van der Waals surface area contributed by atoms with E-state index in [4.69, 9.17) is 14.2 Å². The lowest BCUT2D eigenvalue weighted by Crippen LogP contribution is -2.31. The molecule has 9 nitrogen and oxygen atoms in total. The largest absolute Gasteiger partial charge is 0.503 e. The van der Waals surface area contributed by atoms with Crippen molar-refractivity contribution in [3.63, 3.8) is 0 Å². The number of aromatic nitrogens is 1. The first-order chi connectivity index (χ1) is 21.2. The van der Waals surface area contributed by atoms with Gasteiger partial charge in [-0.05, 0) is 55.5 Å². The predicted octanol–water partition coefficient (Wildman–Crippen LogP) is 6.80. The van der Waals surface area contributed by atoms with E-state index < -0.39 is 29.5 Å². The van der Waals surface area contributed by atoms with Crippen LogP contribution in [-0.4, -0.2) is 47.6 Å². The van der Waals surface area contributed by atoms with Gasteiger partial charge in [-0.1, -0.05) is 80.3 Å². The number of aliphatic hydroxyl groups excluding tert-OH is 1. The molecule has 0 aliphatic carbocycles. The zero-order valence-electron chi connectivity index (χ0n) is 25.2. The lowest BCUT2D eigenvalue weighted by Gasteiger charge is -2.25. The van der Waals surface area contributed by atoms with Crippen molar-refractivity contribution in [1.29, 1.82) is 0 Å². The lowest BCUT2D eigenvalue weighted by atomic mass is 9.95. The summed E-state index contributed by atoms with van der Waals surface area (Å²) < 4.78 is 17.1. The van der Waals surface area contributed by atoms with Crippen LogP contribution in [-0.2, 0) is 14.3 Å². The first-order valence-electron chi connectivity index (χ1n) is 14.3. The number of anilines is 1. The van der Waals surface area contributed by atoms with Gasteiger partial charge in [-0.3, -0.25) is 14.5 Å². The molecule has 3 aromatic rings. The molecule has 1 N–H and O–H groups in total. The maximum absolute atomic E-state index is 13.7. The normalized spacial score (nSPS) is 14.9. The molecule has 2 aromatic carbocycles. The second kappa shape index (κ2) is 14.7. The zero-order valence-corrected chi connectivity index (χ0v) is 26.1. The maximum atomic E-state index is 13.7. The smallest absolute Gasteiger partial charge is 0.350 e. The molecule has 1 aromatic heterocycles. The highest BCUT2D eigenvalue weighted by Gasteiger charge is 2.45. The number of allylic oxidation sites excluding steroid dienone is 1. The van der Waals surface area contributed by atoms with Crippen molar-refractivity contribution in [3.05, 3.63) is 100 Å². The van der Waals surface area contributed by atoms with Crippen LogP contribution < -0.4 is 14.4 Å². The molecular formula is C34H36N2O7S.